The third-order valence-corrected chi connectivity index (χ3v) is 2.35. The highest BCUT2D eigenvalue weighted by atomic mass is 16.6. The molecule has 0 aliphatic rings. The number of hydrogen-bond acceptors (Lipinski definition) is 8. The van der Waals surface area contributed by atoms with E-state index in [4.69, 9.17) is 0 Å². The third-order valence-electron chi connectivity index (χ3n) is 2.35. The molecule has 0 spiro atoms. The van der Waals surface area contributed by atoms with Crippen molar-refractivity contribution in [1.82, 2.24) is 0 Å². The van der Waals surface area contributed by atoms with Crippen LogP contribution in [0.1, 0.15) is 0 Å². The van der Waals surface area contributed by atoms with Crippen LogP contribution in [-0.2, 0) is 19.1 Å². The molecule has 21 heavy (non-hydrogen) atoms. The lowest BCUT2D eigenvalue weighted by atomic mass is 10.2. The Morgan fingerprint density at radius 1 is 1.33 bits per heavy atom. The van der Waals surface area contributed by atoms with E-state index in [1.807, 2.05) is 0 Å². The fourth-order valence-corrected chi connectivity index (χ4v) is 1.38. The summed E-state index contributed by atoms with van der Waals surface area (Å²) in [5.41, 5.74) is -1.24. The Bertz CT molecular complexity index is 610. The zero-order valence-electron chi connectivity index (χ0n) is 11.2. The molecular weight excluding hydrogens is 284 g/mol. The lowest BCUT2D eigenvalue weighted by Crippen LogP contribution is -2.16. The van der Waals surface area contributed by atoms with Crippen molar-refractivity contribution in [3.05, 3.63) is 40.1 Å². The highest BCUT2D eigenvalue weighted by molar-refractivity contribution is 5.99. The van der Waals surface area contributed by atoms with Crippen molar-refractivity contribution in [2.75, 3.05) is 19.5 Å². The minimum Gasteiger partial charge on any atom is -0.505 e. The van der Waals surface area contributed by atoms with E-state index < -0.39 is 34.0 Å². The van der Waals surface area contributed by atoms with Crippen molar-refractivity contribution in [2.45, 2.75) is 0 Å². The molecule has 0 heterocycles. The van der Waals surface area contributed by atoms with Crippen LogP contribution < -0.4 is 5.32 Å². The van der Waals surface area contributed by atoms with Crippen molar-refractivity contribution >= 4 is 23.3 Å². The van der Waals surface area contributed by atoms with E-state index in [1.54, 1.807) is 0 Å². The number of hydrogen-bond donors (Lipinski definition) is 2. The summed E-state index contributed by atoms with van der Waals surface area (Å²) in [6.45, 7) is 0. The summed E-state index contributed by atoms with van der Waals surface area (Å²) < 4.78 is 8.80. The number of aromatic hydroxyl groups is 1. The number of nitro groups is 1. The minimum atomic E-state index is -0.960. The standard InChI is InChI=1S/C12H12N2O7/c1-20-10(16)6-7(12(17)21-2)13-11-8(14(18)19)4-3-5-9(11)15/h3-6,13,15H,1-2H3/b7-6+. The van der Waals surface area contributed by atoms with Gasteiger partial charge in [0.2, 0.25) is 0 Å². The highest BCUT2D eigenvalue weighted by Crippen LogP contribution is 2.34. The van der Waals surface area contributed by atoms with Crippen LogP contribution >= 0.6 is 0 Å². The van der Waals surface area contributed by atoms with Crippen LogP contribution in [0.4, 0.5) is 11.4 Å². The maximum absolute atomic E-state index is 11.5. The van der Waals surface area contributed by atoms with E-state index >= 15 is 0 Å². The molecule has 1 aromatic rings. The number of ether oxygens (including phenoxy) is 2. The van der Waals surface area contributed by atoms with Gasteiger partial charge in [0.25, 0.3) is 5.69 Å². The summed E-state index contributed by atoms with van der Waals surface area (Å²) in [7, 11) is 2.16. The summed E-state index contributed by atoms with van der Waals surface area (Å²) in [6.07, 6.45) is 0.752. The van der Waals surface area contributed by atoms with Gasteiger partial charge in [-0.1, -0.05) is 6.07 Å². The zero-order chi connectivity index (χ0) is 16.0. The maximum Gasteiger partial charge on any atom is 0.354 e. The van der Waals surface area contributed by atoms with E-state index in [2.05, 4.69) is 14.8 Å². The number of carbonyl (C=O) groups excluding carboxylic acids is 2. The van der Waals surface area contributed by atoms with Crippen LogP contribution in [0.5, 0.6) is 5.75 Å². The van der Waals surface area contributed by atoms with E-state index in [0.717, 1.165) is 26.4 Å². The van der Waals surface area contributed by atoms with Gasteiger partial charge in [-0.15, -0.1) is 0 Å². The van der Waals surface area contributed by atoms with Crippen LogP contribution in [0.3, 0.4) is 0 Å². The van der Waals surface area contributed by atoms with Gasteiger partial charge >= 0.3 is 11.9 Å². The van der Waals surface area contributed by atoms with E-state index in [1.165, 1.54) is 12.1 Å². The third kappa shape index (κ3) is 3.93. The molecule has 0 aromatic heterocycles. The molecule has 112 valence electrons. The molecule has 0 bridgehead atoms. The smallest absolute Gasteiger partial charge is 0.354 e. The van der Waals surface area contributed by atoms with Gasteiger partial charge in [0.15, 0.2) is 5.69 Å². The zero-order valence-corrected chi connectivity index (χ0v) is 11.2. The monoisotopic (exact) mass is 296 g/mol. The summed E-state index contributed by atoms with van der Waals surface area (Å²) in [4.78, 5) is 32.9. The van der Waals surface area contributed by atoms with Crippen LogP contribution in [0, 0.1) is 10.1 Å². The first-order chi connectivity index (χ1) is 9.90. The lowest BCUT2D eigenvalue weighted by molar-refractivity contribution is -0.384. The summed E-state index contributed by atoms with van der Waals surface area (Å²) in [5.74, 6) is -2.30. The second kappa shape index (κ2) is 6.89. The van der Waals surface area contributed by atoms with Crippen molar-refractivity contribution in [1.29, 1.82) is 0 Å². The molecule has 0 aliphatic carbocycles. The predicted molar refractivity (Wildman–Crippen MR) is 70.5 cm³/mol. The second-order valence-corrected chi connectivity index (χ2v) is 3.63. The number of phenols is 1. The molecule has 9 nitrogen and oxygen atoms in total. The van der Waals surface area contributed by atoms with Gasteiger partial charge in [-0.05, 0) is 6.07 Å². The lowest BCUT2D eigenvalue weighted by Gasteiger charge is -2.10. The molecule has 0 saturated heterocycles. The van der Waals surface area contributed by atoms with E-state index in [9.17, 15) is 24.8 Å². The number of rotatable bonds is 5. The Kier molecular flexibility index (Phi) is 5.24. The number of esters is 2. The number of nitro benzene ring substituents is 1. The Balaban J connectivity index is 3.27. The Labute approximate surface area is 118 Å². The molecule has 0 saturated carbocycles. The molecular formula is C12H12N2O7. The first kappa shape index (κ1) is 16.0. The average Bonchev–Trinajstić information content (AvgIpc) is 2.46. The molecule has 1 aromatic carbocycles. The van der Waals surface area contributed by atoms with Crippen LogP contribution in [0.15, 0.2) is 30.0 Å². The largest absolute Gasteiger partial charge is 0.505 e. The number of nitrogens with zero attached hydrogens (tertiary/aromatic N) is 1. The molecule has 0 fully saturated rings. The summed E-state index contributed by atoms with van der Waals surface area (Å²) in [6, 6.07) is 3.57. The van der Waals surface area contributed by atoms with Crippen molar-refractivity contribution in [2.24, 2.45) is 0 Å². The molecule has 0 unspecified atom stereocenters. The SMILES string of the molecule is COC(=O)/C=C(/Nc1c(O)cccc1[N+](=O)[O-])C(=O)OC. The fourth-order valence-electron chi connectivity index (χ4n) is 1.38. The molecule has 0 radical (unpaired) electrons. The van der Waals surface area contributed by atoms with E-state index in [-0.39, 0.29) is 5.69 Å². The van der Waals surface area contributed by atoms with Gasteiger partial charge < -0.3 is 19.9 Å². The Morgan fingerprint density at radius 3 is 2.52 bits per heavy atom. The van der Waals surface area contributed by atoms with Crippen LogP contribution in [-0.4, -0.2) is 36.2 Å². The second-order valence-electron chi connectivity index (χ2n) is 3.63. The Morgan fingerprint density at radius 2 is 2.00 bits per heavy atom. The number of phenolic OH excluding ortho intramolecular Hbond substituents is 1. The normalized spacial score (nSPS) is 10.7. The number of para-hydroxylation sites is 1. The van der Waals surface area contributed by atoms with Crippen LogP contribution in [0.2, 0.25) is 0 Å². The number of nitrogens with one attached hydrogen (secondary N) is 1. The molecule has 0 amide bonds. The number of anilines is 1. The highest BCUT2D eigenvalue weighted by Gasteiger charge is 2.21. The first-order valence-corrected chi connectivity index (χ1v) is 5.52. The van der Waals surface area contributed by atoms with Crippen molar-refractivity contribution in [3.8, 4) is 5.75 Å². The van der Waals surface area contributed by atoms with Crippen molar-refractivity contribution < 1.29 is 29.1 Å². The molecule has 0 atom stereocenters. The van der Waals surface area contributed by atoms with Gasteiger partial charge in [0.1, 0.15) is 11.4 Å². The topological polar surface area (TPSA) is 128 Å². The number of benzene rings is 1. The van der Waals surface area contributed by atoms with E-state index in [0.29, 0.717) is 0 Å². The average molecular weight is 296 g/mol. The quantitative estimate of drug-likeness (QED) is 0.270. The minimum absolute atomic E-state index is 0.344. The van der Waals surface area contributed by atoms with Crippen molar-refractivity contribution in [3.63, 3.8) is 0 Å². The number of carbonyl (C=O) groups is 2. The van der Waals surface area contributed by atoms with Gasteiger partial charge in [0, 0.05) is 6.07 Å². The summed E-state index contributed by atoms with van der Waals surface area (Å²) >= 11 is 0. The summed E-state index contributed by atoms with van der Waals surface area (Å²) in [5, 5.41) is 22.9. The van der Waals surface area contributed by atoms with Crippen LogP contribution in [0.25, 0.3) is 0 Å². The van der Waals surface area contributed by atoms with Gasteiger partial charge in [0.05, 0.1) is 25.2 Å². The fraction of sp³-hybridized carbons (Fsp3) is 0.167. The maximum atomic E-state index is 11.5. The Hall–Kier alpha value is -3.10. The predicted octanol–water partition coefficient (Wildman–Crippen LogP) is 0.942. The van der Waals surface area contributed by atoms with Gasteiger partial charge in [-0.2, -0.15) is 0 Å². The van der Waals surface area contributed by atoms with Gasteiger partial charge in [-0.3, -0.25) is 10.1 Å². The molecule has 1 rings (SSSR count). The molecule has 2 N–H and O–H groups in total. The molecule has 9 heteroatoms. The first-order valence-electron chi connectivity index (χ1n) is 5.52. The number of methoxy groups -OCH3 is 2. The van der Waals surface area contributed by atoms with Gasteiger partial charge in [-0.25, -0.2) is 9.59 Å². The molecule has 0 aliphatic heterocycles.